The van der Waals surface area contributed by atoms with Crippen LogP contribution in [0.3, 0.4) is 0 Å². The van der Waals surface area contributed by atoms with Crippen LogP contribution in [0.25, 0.3) is 10.6 Å². The minimum atomic E-state index is -0.427. The number of hydrogen-bond donors (Lipinski definition) is 2. The molecule has 0 bridgehead atoms. The molecule has 5 heteroatoms. The number of nitrogens with two attached hydrogens (primary N) is 1. The molecule has 0 saturated carbocycles. The number of nitrogens with one attached hydrogen (secondary N) is 1. The maximum absolute atomic E-state index is 12.4. The fourth-order valence-electron chi connectivity index (χ4n) is 2.07. The minimum absolute atomic E-state index is 0.169. The number of rotatable bonds is 5. The first-order valence-electron chi connectivity index (χ1n) is 7.41. The zero-order chi connectivity index (χ0) is 16.3. The van der Waals surface area contributed by atoms with Crippen LogP contribution in [-0.2, 0) is 0 Å². The summed E-state index contributed by atoms with van der Waals surface area (Å²) in [6, 6.07) is 8.04. The molecule has 0 radical (unpaired) electrons. The van der Waals surface area contributed by atoms with E-state index >= 15 is 0 Å². The first kappa shape index (κ1) is 16.6. The number of hydrogen-bond acceptors (Lipinski definition) is 4. The summed E-state index contributed by atoms with van der Waals surface area (Å²) < 4.78 is 0. The van der Waals surface area contributed by atoms with E-state index in [0.717, 1.165) is 16.1 Å². The van der Waals surface area contributed by atoms with Crippen molar-refractivity contribution in [2.45, 2.75) is 33.2 Å². The van der Waals surface area contributed by atoms with Crippen molar-refractivity contribution in [3.63, 3.8) is 0 Å². The molecule has 0 spiro atoms. The van der Waals surface area contributed by atoms with Crippen LogP contribution in [0.2, 0.25) is 0 Å². The SMILES string of the molecule is Cc1ccccc1-c1nc(C(=O)NC(C)(CN)C(C)C)cs1. The predicted octanol–water partition coefficient (Wildman–Crippen LogP) is 3.22. The number of carbonyl (C=O) groups is 1. The quantitative estimate of drug-likeness (QED) is 0.889. The van der Waals surface area contributed by atoms with Crippen LogP contribution in [0, 0.1) is 12.8 Å². The van der Waals surface area contributed by atoms with E-state index in [2.05, 4.69) is 10.3 Å². The summed E-state index contributed by atoms with van der Waals surface area (Å²) in [6.07, 6.45) is 0. The van der Waals surface area contributed by atoms with Crippen molar-refractivity contribution in [1.29, 1.82) is 0 Å². The number of thiazole rings is 1. The zero-order valence-electron chi connectivity index (χ0n) is 13.5. The van der Waals surface area contributed by atoms with Gasteiger partial charge in [-0.3, -0.25) is 4.79 Å². The minimum Gasteiger partial charge on any atom is -0.344 e. The van der Waals surface area contributed by atoms with E-state index in [1.807, 2.05) is 52.0 Å². The maximum Gasteiger partial charge on any atom is 0.271 e. The van der Waals surface area contributed by atoms with Gasteiger partial charge in [-0.2, -0.15) is 0 Å². The Labute approximate surface area is 135 Å². The summed E-state index contributed by atoms with van der Waals surface area (Å²) in [5, 5.41) is 5.68. The van der Waals surface area contributed by atoms with Gasteiger partial charge in [-0.1, -0.05) is 38.1 Å². The second-order valence-corrected chi connectivity index (χ2v) is 6.94. The van der Waals surface area contributed by atoms with Gasteiger partial charge in [0.15, 0.2) is 0 Å². The van der Waals surface area contributed by atoms with Crippen LogP contribution in [0.4, 0.5) is 0 Å². The summed E-state index contributed by atoms with van der Waals surface area (Å²) in [5.41, 5.74) is 8.06. The Morgan fingerprint density at radius 1 is 1.41 bits per heavy atom. The second kappa shape index (κ2) is 6.58. The monoisotopic (exact) mass is 317 g/mol. The van der Waals surface area contributed by atoms with E-state index in [0.29, 0.717) is 12.2 Å². The Bertz CT molecular complexity index is 665. The molecule has 118 valence electrons. The molecule has 0 saturated heterocycles. The number of benzene rings is 1. The van der Waals surface area contributed by atoms with E-state index in [1.54, 1.807) is 5.38 Å². The molecule has 0 aliphatic rings. The largest absolute Gasteiger partial charge is 0.344 e. The molecule has 1 amide bonds. The van der Waals surface area contributed by atoms with E-state index < -0.39 is 5.54 Å². The summed E-state index contributed by atoms with van der Waals surface area (Å²) in [4.78, 5) is 16.9. The number of amides is 1. The Balaban J connectivity index is 2.22. The van der Waals surface area contributed by atoms with Gasteiger partial charge in [0.25, 0.3) is 5.91 Å². The molecule has 0 aliphatic carbocycles. The standard InChI is InChI=1S/C17H23N3OS/c1-11(2)17(4,10-18)20-15(21)14-9-22-16(19-14)13-8-6-5-7-12(13)3/h5-9,11H,10,18H2,1-4H3,(H,20,21). The van der Waals surface area contributed by atoms with Gasteiger partial charge in [0, 0.05) is 17.5 Å². The van der Waals surface area contributed by atoms with E-state index in [-0.39, 0.29) is 11.8 Å². The molecule has 0 fully saturated rings. The number of nitrogens with zero attached hydrogens (tertiary/aromatic N) is 1. The van der Waals surface area contributed by atoms with Crippen LogP contribution < -0.4 is 11.1 Å². The van der Waals surface area contributed by atoms with Gasteiger partial charge in [-0.05, 0) is 25.3 Å². The molecule has 1 aromatic heterocycles. The highest BCUT2D eigenvalue weighted by molar-refractivity contribution is 7.13. The lowest BCUT2D eigenvalue weighted by atomic mass is 9.88. The topological polar surface area (TPSA) is 68.0 Å². The first-order chi connectivity index (χ1) is 10.4. The van der Waals surface area contributed by atoms with Gasteiger partial charge in [0.05, 0.1) is 5.54 Å². The van der Waals surface area contributed by atoms with Crippen LogP contribution in [-0.4, -0.2) is 23.0 Å². The van der Waals surface area contributed by atoms with Gasteiger partial charge in [0.1, 0.15) is 10.7 Å². The summed E-state index contributed by atoms with van der Waals surface area (Å²) >= 11 is 1.48. The van der Waals surface area contributed by atoms with Crippen molar-refractivity contribution < 1.29 is 4.79 Å². The molecular formula is C17H23N3OS. The molecule has 3 N–H and O–H groups in total. The molecule has 1 heterocycles. The van der Waals surface area contributed by atoms with Crippen molar-refractivity contribution in [2.24, 2.45) is 11.7 Å². The fraction of sp³-hybridized carbons (Fsp3) is 0.412. The molecule has 4 nitrogen and oxygen atoms in total. The summed E-state index contributed by atoms with van der Waals surface area (Å²) in [6.45, 7) is 8.50. The number of carbonyl (C=O) groups excluding carboxylic acids is 1. The number of aryl methyl sites for hydroxylation is 1. The molecule has 1 unspecified atom stereocenters. The Morgan fingerprint density at radius 3 is 2.68 bits per heavy atom. The lowest BCUT2D eigenvalue weighted by Gasteiger charge is -2.33. The van der Waals surface area contributed by atoms with Crippen molar-refractivity contribution >= 4 is 17.2 Å². The summed E-state index contributed by atoms with van der Waals surface area (Å²) in [7, 11) is 0. The molecule has 22 heavy (non-hydrogen) atoms. The zero-order valence-corrected chi connectivity index (χ0v) is 14.3. The third-order valence-corrected chi connectivity index (χ3v) is 5.09. The van der Waals surface area contributed by atoms with Crippen LogP contribution >= 0.6 is 11.3 Å². The van der Waals surface area contributed by atoms with Gasteiger partial charge in [0.2, 0.25) is 0 Å². The van der Waals surface area contributed by atoms with E-state index in [1.165, 1.54) is 11.3 Å². The first-order valence-corrected chi connectivity index (χ1v) is 8.29. The highest BCUT2D eigenvalue weighted by Gasteiger charge is 2.29. The smallest absolute Gasteiger partial charge is 0.271 e. The fourth-order valence-corrected chi connectivity index (χ4v) is 2.96. The van der Waals surface area contributed by atoms with Crippen molar-refractivity contribution in [1.82, 2.24) is 10.3 Å². The van der Waals surface area contributed by atoms with E-state index in [9.17, 15) is 4.79 Å². The molecule has 0 aliphatic heterocycles. The number of aromatic nitrogens is 1. The highest BCUT2D eigenvalue weighted by atomic mass is 32.1. The van der Waals surface area contributed by atoms with Crippen molar-refractivity contribution in [3.8, 4) is 10.6 Å². The van der Waals surface area contributed by atoms with Crippen LogP contribution in [0.15, 0.2) is 29.6 Å². The predicted molar refractivity (Wildman–Crippen MR) is 92.1 cm³/mol. The average Bonchev–Trinajstić information content (AvgIpc) is 2.97. The third kappa shape index (κ3) is 3.36. The van der Waals surface area contributed by atoms with Gasteiger partial charge >= 0.3 is 0 Å². The average molecular weight is 317 g/mol. The molecule has 2 aromatic rings. The Kier molecular flexibility index (Phi) is 4.98. The Morgan fingerprint density at radius 2 is 2.09 bits per heavy atom. The lowest BCUT2D eigenvalue weighted by molar-refractivity contribution is 0.0879. The highest BCUT2D eigenvalue weighted by Crippen LogP contribution is 2.27. The lowest BCUT2D eigenvalue weighted by Crippen LogP contribution is -2.55. The van der Waals surface area contributed by atoms with E-state index in [4.69, 9.17) is 5.73 Å². The molecule has 1 atom stereocenters. The second-order valence-electron chi connectivity index (χ2n) is 6.08. The molecule has 1 aromatic carbocycles. The summed E-state index contributed by atoms with van der Waals surface area (Å²) in [5.74, 6) is 0.0775. The maximum atomic E-state index is 12.4. The molecule has 2 rings (SSSR count). The van der Waals surface area contributed by atoms with Gasteiger partial charge < -0.3 is 11.1 Å². The van der Waals surface area contributed by atoms with Crippen molar-refractivity contribution in [2.75, 3.05) is 6.54 Å². The van der Waals surface area contributed by atoms with Gasteiger partial charge in [-0.15, -0.1) is 11.3 Å². The third-order valence-electron chi connectivity index (χ3n) is 4.21. The van der Waals surface area contributed by atoms with Crippen LogP contribution in [0.5, 0.6) is 0 Å². The van der Waals surface area contributed by atoms with Gasteiger partial charge in [-0.25, -0.2) is 4.98 Å². The normalized spacial score (nSPS) is 13.9. The molecular weight excluding hydrogens is 294 g/mol. The van der Waals surface area contributed by atoms with Crippen molar-refractivity contribution in [3.05, 3.63) is 40.9 Å². The van der Waals surface area contributed by atoms with Crippen LogP contribution in [0.1, 0.15) is 36.8 Å². The Hall–Kier alpha value is -1.72.